The Morgan fingerprint density at radius 3 is 1.49 bits per heavy atom. The van der Waals surface area contributed by atoms with Crippen molar-refractivity contribution >= 4 is 31.5 Å². The normalized spacial score (nSPS) is 11.3. The van der Waals surface area contributed by atoms with E-state index in [1.807, 2.05) is 17.4 Å². The minimum absolute atomic E-state index is 0.778. The minimum atomic E-state index is 0.778. The standard InChI is InChI=1S/C45H29N3S/c1-4-16-30(17-5-1)33-22-10-12-24-35(33)41-40(32-20-8-3-9-21-32)45-43(37-26-14-15-27-39(37)49-45)42(44(41)38-28-29-46-48-47-38)36-25-13-11-23-34(36)31-18-6-2-7-19-31/h1-29H. The van der Waals surface area contributed by atoms with Gasteiger partial charge in [0.15, 0.2) is 0 Å². The Hall–Kier alpha value is -6.23. The molecular formula is C45H29N3S. The zero-order chi connectivity index (χ0) is 32.6. The van der Waals surface area contributed by atoms with Gasteiger partial charge in [-0.05, 0) is 56.3 Å². The fraction of sp³-hybridized carbons (Fsp3) is 0. The summed E-state index contributed by atoms with van der Waals surface area (Å²) in [5.74, 6) is 0. The number of hydrogen-bond acceptors (Lipinski definition) is 4. The molecule has 49 heavy (non-hydrogen) atoms. The maximum Gasteiger partial charge on any atom is 0.0976 e. The second-order valence-corrected chi connectivity index (χ2v) is 13.0. The molecule has 0 spiro atoms. The minimum Gasteiger partial charge on any atom is -0.139 e. The Morgan fingerprint density at radius 2 is 0.898 bits per heavy atom. The lowest BCUT2D eigenvalue weighted by Crippen LogP contribution is -2.00. The van der Waals surface area contributed by atoms with E-state index in [2.05, 4.69) is 174 Å². The lowest BCUT2D eigenvalue weighted by atomic mass is 9.79. The van der Waals surface area contributed by atoms with Crippen LogP contribution < -0.4 is 0 Å². The van der Waals surface area contributed by atoms with Gasteiger partial charge in [-0.2, -0.15) is 0 Å². The third kappa shape index (κ3) is 5.02. The topological polar surface area (TPSA) is 38.7 Å². The summed E-state index contributed by atoms with van der Waals surface area (Å²) in [7, 11) is 0. The smallest absolute Gasteiger partial charge is 0.0976 e. The van der Waals surface area contributed by atoms with Crippen LogP contribution >= 0.6 is 11.3 Å². The molecule has 0 saturated carbocycles. The van der Waals surface area contributed by atoms with E-state index in [1.165, 1.54) is 25.7 Å². The molecule has 2 aromatic heterocycles. The van der Waals surface area contributed by atoms with Gasteiger partial charge in [0.05, 0.1) is 11.9 Å². The summed E-state index contributed by atoms with van der Waals surface area (Å²) in [6.45, 7) is 0. The Labute approximate surface area is 288 Å². The van der Waals surface area contributed by atoms with Gasteiger partial charge in [0.1, 0.15) is 0 Å². The lowest BCUT2D eigenvalue weighted by Gasteiger charge is -2.24. The van der Waals surface area contributed by atoms with Crippen molar-refractivity contribution in [1.82, 2.24) is 15.4 Å². The second-order valence-electron chi connectivity index (χ2n) is 12.0. The molecule has 4 heteroatoms. The molecule has 0 fully saturated rings. The molecule has 230 valence electrons. The maximum atomic E-state index is 4.77. The molecular weight excluding hydrogens is 615 g/mol. The van der Waals surface area contributed by atoms with Crippen molar-refractivity contribution in [2.24, 2.45) is 0 Å². The van der Waals surface area contributed by atoms with Gasteiger partial charge in [0.2, 0.25) is 0 Å². The van der Waals surface area contributed by atoms with Crippen LogP contribution in [0.25, 0.3) is 87.1 Å². The molecule has 0 bridgehead atoms. The van der Waals surface area contributed by atoms with Crippen LogP contribution in [-0.4, -0.2) is 15.4 Å². The fourth-order valence-corrected chi connectivity index (χ4v) is 8.43. The van der Waals surface area contributed by atoms with Gasteiger partial charge in [0, 0.05) is 42.4 Å². The zero-order valence-electron chi connectivity index (χ0n) is 26.5. The van der Waals surface area contributed by atoms with Crippen LogP contribution in [0.1, 0.15) is 0 Å². The number of hydrogen-bond donors (Lipinski definition) is 0. The molecule has 7 aromatic carbocycles. The van der Waals surface area contributed by atoms with Crippen molar-refractivity contribution in [3.63, 3.8) is 0 Å². The van der Waals surface area contributed by atoms with Crippen LogP contribution in [0.2, 0.25) is 0 Å². The highest BCUT2D eigenvalue weighted by molar-refractivity contribution is 7.26. The Morgan fingerprint density at radius 1 is 0.388 bits per heavy atom. The molecule has 0 N–H and O–H groups in total. The quantitative estimate of drug-likeness (QED) is 0.181. The molecule has 0 aliphatic carbocycles. The van der Waals surface area contributed by atoms with Crippen molar-refractivity contribution in [2.45, 2.75) is 0 Å². The highest BCUT2D eigenvalue weighted by atomic mass is 32.1. The first kappa shape index (κ1) is 29.0. The molecule has 9 rings (SSSR count). The van der Waals surface area contributed by atoms with E-state index in [1.54, 1.807) is 6.20 Å². The number of thiophene rings is 1. The molecule has 0 radical (unpaired) electrons. The second kappa shape index (κ2) is 12.4. The Kier molecular flexibility index (Phi) is 7.34. The van der Waals surface area contributed by atoms with Crippen LogP contribution in [0, 0.1) is 0 Å². The van der Waals surface area contributed by atoms with Gasteiger partial charge in [-0.25, -0.2) is 0 Å². The molecule has 0 unspecified atom stereocenters. The van der Waals surface area contributed by atoms with Crippen molar-refractivity contribution < 1.29 is 0 Å². The first-order chi connectivity index (χ1) is 24.4. The van der Waals surface area contributed by atoms with Crippen LogP contribution in [-0.2, 0) is 0 Å². The SMILES string of the molecule is c1ccc(-c2ccccc2-c2c(-c3ccnnn3)c(-c3ccccc3-c3ccccc3)c3c(sc4ccccc43)c2-c2ccccc2)cc1. The Bertz CT molecular complexity index is 2580. The third-order valence-corrected chi connectivity index (χ3v) is 10.4. The molecule has 3 nitrogen and oxygen atoms in total. The zero-order valence-corrected chi connectivity index (χ0v) is 27.3. The van der Waals surface area contributed by atoms with E-state index >= 15 is 0 Å². The lowest BCUT2D eigenvalue weighted by molar-refractivity contribution is 0.871. The van der Waals surface area contributed by atoms with E-state index in [0.29, 0.717) is 0 Å². The molecule has 0 aliphatic rings. The first-order valence-corrected chi connectivity index (χ1v) is 17.2. The van der Waals surface area contributed by atoms with Gasteiger partial charge in [-0.15, -0.1) is 21.5 Å². The van der Waals surface area contributed by atoms with E-state index in [9.17, 15) is 0 Å². The number of aromatic nitrogens is 3. The predicted molar refractivity (Wildman–Crippen MR) is 205 cm³/mol. The largest absolute Gasteiger partial charge is 0.139 e. The van der Waals surface area contributed by atoms with E-state index in [-0.39, 0.29) is 0 Å². The summed E-state index contributed by atoms with van der Waals surface area (Å²) < 4.78 is 2.49. The van der Waals surface area contributed by atoms with Crippen LogP contribution in [0.15, 0.2) is 176 Å². The number of rotatable bonds is 6. The summed E-state index contributed by atoms with van der Waals surface area (Å²) in [5, 5.41) is 15.6. The van der Waals surface area contributed by atoms with Crippen molar-refractivity contribution in [2.75, 3.05) is 0 Å². The van der Waals surface area contributed by atoms with Crippen molar-refractivity contribution in [3.05, 3.63) is 176 Å². The highest BCUT2D eigenvalue weighted by Gasteiger charge is 2.29. The highest BCUT2D eigenvalue weighted by Crippen LogP contribution is 2.56. The summed E-state index contributed by atoms with van der Waals surface area (Å²) in [4.78, 5) is 0. The van der Waals surface area contributed by atoms with Gasteiger partial charge in [0.25, 0.3) is 0 Å². The van der Waals surface area contributed by atoms with E-state index < -0.39 is 0 Å². The van der Waals surface area contributed by atoms with Gasteiger partial charge >= 0.3 is 0 Å². The van der Waals surface area contributed by atoms with Gasteiger partial charge in [-0.1, -0.05) is 158 Å². The van der Waals surface area contributed by atoms with Crippen LogP contribution in [0.3, 0.4) is 0 Å². The van der Waals surface area contributed by atoms with Gasteiger partial charge in [-0.3, -0.25) is 0 Å². The molecule has 0 aliphatic heterocycles. The molecule has 9 aromatic rings. The van der Waals surface area contributed by atoms with Crippen LogP contribution in [0.4, 0.5) is 0 Å². The third-order valence-electron chi connectivity index (χ3n) is 9.21. The Balaban J connectivity index is 1.57. The summed E-state index contributed by atoms with van der Waals surface area (Å²) in [6, 6.07) is 60.5. The van der Waals surface area contributed by atoms with Crippen LogP contribution in [0.5, 0.6) is 0 Å². The van der Waals surface area contributed by atoms with Crippen molar-refractivity contribution in [1.29, 1.82) is 0 Å². The molecule has 0 saturated heterocycles. The molecule has 0 atom stereocenters. The summed E-state index contributed by atoms with van der Waals surface area (Å²) in [6.07, 6.45) is 1.75. The molecule has 0 amide bonds. The van der Waals surface area contributed by atoms with E-state index in [4.69, 9.17) is 5.10 Å². The molecule has 2 heterocycles. The number of nitrogens with zero attached hydrogens (tertiary/aromatic N) is 3. The predicted octanol–water partition coefficient (Wildman–Crippen LogP) is 12.2. The first-order valence-electron chi connectivity index (χ1n) is 16.4. The fourth-order valence-electron chi connectivity index (χ4n) is 7.15. The maximum absolute atomic E-state index is 4.77. The summed E-state index contributed by atoms with van der Waals surface area (Å²) in [5.41, 5.74) is 13.4. The average molecular weight is 644 g/mol. The summed E-state index contributed by atoms with van der Waals surface area (Å²) >= 11 is 1.86. The van der Waals surface area contributed by atoms with E-state index in [0.717, 1.165) is 61.3 Å². The monoisotopic (exact) mass is 643 g/mol. The number of fused-ring (bicyclic) bond motifs is 3. The van der Waals surface area contributed by atoms with Gasteiger partial charge < -0.3 is 0 Å². The average Bonchev–Trinajstić information content (AvgIpc) is 3.57. The number of benzene rings is 7. The van der Waals surface area contributed by atoms with Crippen molar-refractivity contribution in [3.8, 4) is 66.9 Å².